The number of rotatable bonds is 0. The Bertz CT molecular complexity index is 266. The van der Waals surface area contributed by atoms with Crippen LogP contribution in [0, 0.1) is 0 Å². The van der Waals surface area contributed by atoms with Gasteiger partial charge < -0.3 is 0 Å². The molecule has 0 unspecified atom stereocenters. The van der Waals surface area contributed by atoms with E-state index >= 15 is 0 Å². The van der Waals surface area contributed by atoms with Gasteiger partial charge in [-0.1, -0.05) is 0 Å². The second-order valence-corrected chi connectivity index (χ2v) is 5.91. The molecule has 2 rings (SSSR count). The zero-order chi connectivity index (χ0) is 8.81. The molecule has 64 valence electrons. The zero-order valence-electron chi connectivity index (χ0n) is 6.78. The van der Waals surface area contributed by atoms with E-state index in [0.717, 1.165) is 7.83 Å². The van der Waals surface area contributed by atoms with Crippen molar-refractivity contribution < 1.29 is 51.4 Å². The molecule has 0 saturated carbocycles. The molecule has 0 aromatic carbocycles. The number of aromatic nitrogens is 2. The Hall–Kier alpha value is 1.86. The van der Waals surface area contributed by atoms with Gasteiger partial charge in [-0.25, -0.2) is 9.97 Å². The van der Waals surface area contributed by atoms with Crippen molar-refractivity contribution in [1.29, 1.82) is 0 Å². The molecule has 0 aliphatic heterocycles. The first kappa shape index (κ1) is 14.9. The summed E-state index contributed by atoms with van der Waals surface area (Å²) >= 11 is 9.54. The van der Waals surface area contributed by atoms with Crippen LogP contribution >= 0.6 is 54.5 Å². The molecule has 0 N–H and O–H groups in total. The summed E-state index contributed by atoms with van der Waals surface area (Å²) in [5, 5.41) is 3.84. The summed E-state index contributed by atoms with van der Waals surface area (Å²) in [7, 11) is 0. The molecule has 0 aliphatic carbocycles. The summed E-state index contributed by atoms with van der Waals surface area (Å²) in [4.78, 5) is 7.70. The average molecular weight is 367 g/mol. The van der Waals surface area contributed by atoms with E-state index in [0.29, 0.717) is 0 Å². The van der Waals surface area contributed by atoms with Gasteiger partial charge >= 0.3 is 51.4 Å². The van der Waals surface area contributed by atoms with Crippen molar-refractivity contribution in [3.8, 4) is 0 Å². The first-order valence-electron chi connectivity index (χ1n) is 2.89. The normalized spacial score (nSPS) is 8.15. The van der Waals surface area contributed by atoms with Crippen LogP contribution in [0.2, 0.25) is 0 Å². The maximum atomic E-state index is 3.85. The molecule has 0 bridgehead atoms. The number of halogens is 2. The Kier molecular flexibility index (Phi) is 10.4. The van der Waals surface area contributed by atoms with Crippen LogP contribution in [0.15, 0.2) is 31.0 Å². The Morgan fingerprint density at radius 1 is 0.923 bits per heavy atom. The molecule has 2 heterocycles. The predicted octanol–water partition coefficient (Wildman–Crippen LogP) is 0.815. The average Bonchev–Trinajstić information content (AvgIpc) is 2.63. The van der Waals surface area contributed by atoms with Gasteiger partial charge in [0.05, 0.1) is 0 Å². The smallest absolute Gasteiger partial charge is 0.238 e. The monoisotopic (exact) mass is 365 g/mol. The van der Waals surface area contributed by atoms with Crippen LogP contribution in [0.1, 0.15) is 0 Å². The maximum absolute atomic E-state index is 3.85. The molecule has 0 fully saturated rings. The van der Waals surface area contributed by atoms with E-state index in [1.165, 1.54) is 0 Å². The molecule has 0 amide bonds. The van der Waals surface area contributed by atoms with Crippen LogP contribution in [-0.2, 0) is 0 Å². The minimum absolute atomic E-state index is 0. The number of hydrogen-bond donors (Lipinski definition) is 0. The molecule has 13 heavy (non-hydrogen) atoms. The van der Waals surface area contributed by atoms with Gasteiger partial charge in [0.2, 0.25) is 0 Å². The molecule has 0 atom stereocenters. The van der Waals surface area contributed by atoms with E-state index < -0.39 is 0 Å². The van der Waals surface area contributed by atoms with E-state index in [2.05, 4.69) is 41.8 Å². The summed E-state index contributed by atoms with van der Waals surface area (Å²) in [6.45, 7) is 0. The van der Waals surface area contributed by atoms with Crippen molar-refractivity contribution in [2.24, 2.45) is 0 Å². The Morgan fingerprint density at radius 2 is 1.31 bits per heavy atom. The third kappa shape index (κ3) is 7.75. The van der Waals surface area contributed by atoms with E-state index in [1.54, 1.807) is 35.1 Å². The molecule has 0 saturated heterocycles. The van der Waals surface area contributed by atoms with E-state index in [-0.39, 0.29) is 51.4 Å². The van der Waals surface area contributed by atoms with Gasteiger partial charge in [-0.05, 0) is 31.9 Å². The fraction of sp³-hybridized carbons (Fsp3) is 0. The Balaban J connectivity index is 0.000000206. The van der Waals surface area contributed by atoms with Gasteiger partial charge in [-0.3, -0.25) is 0 Å². The van der Waals surface area contributed by atoms with Crippen molar-refractivity contribution in [3.63, 3.8) is 0 Å². The minimum Gasteiger partial charge on any atom is -0.238 e. The van der Waals surface area contributed by atoms with Crippen LogP contribution in [0.5, 0.6) is 0 Å². The largest absolute Gasteiger partial charge is 1.00 e. The third-order valence-electron chi connectivity index (χ3n) is 0.804. The topological polar surface area (TPSA) is 25.8 Å². The van der Waals surface area contributed by atoms with E-state index in [9.17, 15) is 0 Å². The van der Waals surface area contributed by atoms with Crippen molar-refractivity contribution >= 4 is 54.5 Å². The molecule has 0 aliphatic rings. The molecule has 0 spiro atoms. The van der Waals surface area contributed by atoms with Gasteiger partial charge in [0, 0.05) is 23.2 Å². The molecule has 2 nitrogen and oxygen atoms in total. The summed E-state index contributed by atoms with van der Waals surface area (Å²) in [5.74, 6) is 0. The number of thiazole rings is 2. The second-order valence-electron chi connectivity index (χ2n) is 1.57. The SMILES string of the molecule is Brc1nccs1.Brc1nccs1.[K+]. The van der Waals surface area contributed by atoms with Crippen molar-refractivity contribution in [1.82, 2.24) is 9.97 Å². The van der Waals surface area contributed by atoms with Crippen LogP contribution in [-0.4, -0.2) is 9.97 Å². The van der Waals surface area contributed by atoms with Crippen LogP contribution in [0.25, 0.3) is 0 Å². The molecular weight excluding hydrogens is 363 g/mol. The standard InChI is InChI=1S/2C3H2BrNS.K/c2*4-3-5-1-2-6-3;/h2*1-2H;/q;;+1. The van der Waals surface area contributed by atoms with Gasteiger partial charge in [0.15, 0.2) is 7.83 Å². The molecular formula is C6H4Br2KN2S2+. The molecule has 0 radical (unpaired) electrons. The zero-order valence-corrected chi connectivity index (χ0v) is 14.7. The summed E-state index contributed by atoms with van der Waals surface area (Å²) in [5.41, 5.74) is 0. The molecule has 2 aromatic rings. The minimum atomic E-state index is 0. The summed E-state index contributed by atoms with van der Waals surface area (Å²) in [6.07, 6.45) is 3.52. The van der Waals surface area contributed by atoms with Crippen LogP contribution in [0.4, 0.5) is 0 Å². The van der Waals surface area contributed by atoms with Crippen molar-refractivity contribution in [2.45, 2.75) is 0 Å². The van der Waals surface area contributed by atoms with Crippen LogP contribution in [0.3, 0.4) is 0 Å². The van der Waals surface area contributed by atoms with E-state index in [4.69, 9.17) is 0 Å². The quantitative estimate of drug-likeness (QED) is 0.645. The Morgan fingerprint density at radius 3 is 1.38 bits per heavy atom. The fourth-order valence-corrected chi connectivity index (χ4v) is 2.01. The summed E-state index contributed by atoms with van der Waals surface area (Å²) < 4.78 is 1.89. The van der Waals surface area contributed by atoms with Gasteiger partial charge in [0.25, 0.3) is 0 Å². The number of nitrogens with zero attached hydrogens (tertiary/aromatic N) is 2. The summed E-state index contributed by atoms with van der Waals surface area (Å²) in [6, 6.07) is 0. The van der Waals surface area contributed by atoms with Gasteiger partial charge in [-0.2, -0.15) is 0 Å². The van der Waals surface area contributed by atoms with Crippen LogP contribution < -0.4 is 51.4 Å². The number of hydrogen-bond acceptors (Lipinski definition) is 4. The predicted molar refractivity (Wildman–Crippen MR) is 59.6 cm³/mol. The third-order valence-corrected chi connectivity index (χ3v) is 3.45. The first-order valence-corrected chi connectivity index (χ1v) is 6.23. The van der Waals surface area contributed by atoms with Crippen molar-refractivity contribution in [3.05, 3.63) is 31.0 Å². The molecule has 2 aromatic heterocycles. The molecule has 7 heteroatoms. The van der Waals surface area contributed by atoms with Gasteiger partial charge in [0.1, 0.15) is 0 Å². The van der Waals surface area contributed by atoms with E-state index in [1.807, 2.05) is 10.8 Å². The first-order chi connectivity index (χ1) is 5.79. The van der Waals surface area contributed by atoms with Crippen molar-refractivity contribution in [2.75, 3.05) is 0 Å². The second kappa shape index (κ2) is 9.11. The Labute approximate surface area is 144 Å². The van der Waals surface area contributed by atoms with Gasteiger partial charge in [-0.15, -0.1) is 22.7 Å². The fourth-order valence-electron chi connectivity index (χ4n) is 0.412. The maximum Gasteiger partial charge on any atom is 1.00 e.